The molecule has 3 heterocycles. The molecule has 1 aromatic rings. The fourth-order valence-corrected chi connectivity index (χ4v) is 3.91. The van der Waals surface area contributed by atoms with Crippen LogP contribution in [0.4, 0.5) is 0 Å². The summed E-state index contributed by atoms with van der Waals surface area (Å²) in [4.78, 5) is 37.2. The maximum Gasteiger partial charge on any atom is 0.356 e. The second-order valence-electron chi connectivity index (χ2n) is 6.39. The van der Waals surface area contributed by atoms with Crippen molar-refractivity contribution < 1.29 is 14.4 Å². The third-order valence-electron chi connectivity index (χ3n) is 4.68. The zero-order valence-electron chi connectivity index (χ0n) is 15.3. The molecule has 142 valence electrons. The molecule has 2 atom stereocenters. The highest BCUT2D eigenvalue weighted by Crippen LogP contribution is 2.28. The molecule has 0 bridgehead atoms. The van der Waals surface area contributed by atoms with Crippen molar-refractivity contribution in [3.05, 3.63) is 22.1 Å². The second-order valence-corrected chi connectivity index (χ2v) is 7.16. The van der Waals surface area contributed by atoms with E-state index in [1.165, 1.54) is 11.8 Å². The number of nitrogens with zero attached hydrogens (tertiary/aromatic N) is 4. The van der Waals surface area contributed by atoms with Crippen LogP contribution >= 0.6 is 11.8 Å². The number of carbonyl (C=O) groups is 1. The van der Waals surface area contributed by atoms with Gasteiger partial charge in [0.2, 0.25) is 0 Å². The van der Waals surface area contributed by atoms with Crippen LogP contribution in [0.1, 0.15) is 25.3 Å². The second kappa shape index (κ2) is 8.22. The van der Waals surface area contributed by atoms with Crippen LogP contribution in [-0.2, 0) is 20.9 Å². The number of aryl methyl sites for hydroxylation is 1. The number of carbonyl (C=O) groups excluding carboxylic acids is 1. The Bertz CT molecular complexity index is 758. The summed E-state index contributed by atoms with van der Waals surface area (Å²) in [5, 5.41) is 4.63. The highest BCUT2D eigenvalue weighted by atomic mass is 32.2. The zero-order chi connectivity index (χ0) is 18.7. The molecule has 9 heteroatoms. The summed E-state index contributed by atoms with van der Waals surface area (Å²) in [6, 6.07) is 0. The first-order valence-electron chi connectivity index (χ1n) is 8.82. The maximum atomic E-state index is 12.7. The minimum Gasteiger partial charge on any atom is -0.461 e. The normalized spacial score (nSPS) is 23.0. The van der Waals surface area contributed by atoms with Gasteiger partial charge in [-0.3, -0.25) is 14.3 Å². The van der Waals surface area contributed by atoms with Crippen LogP contribution in [0.15, 0.2) is 21.3 Å². The van der Waals surface area contributed by atoms with Gasteiger partial charge in [0.05, 0.1) is 12.5 Å². The van der Waals surface area contributed by atoms with Crippen molar-refractivity contribution >= 4 is 23.4 Å². The lowest BCUT2D eigenvalue weighted by molar-refractivity contribution is -0.135. The molecule has 2 aliphatic rings. The van der Waals surface area contributed by atoms with E-state index in [1.807, 2.05) is 6.26 Å². The Hall–Kier alpha value is -1.87. The van der Waals surface area contributed by atoms with Gasteiger partial charge >= 0.3 is 5.97 Å². The summed E-state index contributed by atoms with van der Waals surface area (Å²) in [6.45, 7) is 5.82. The number of oxime groups is 1. The molecule has 0 saturated carbocycles. The van der Waals surface area contributed by atoms with E-state index in [0.717, 1.165) is 25.9 Å². The number of hydrogen-bond donors (Lipinski definition) is 0. The molecule has 0 N–H and O–H groups in total. The highest BCUT2D eigenvalue weighted by molar-refractivity contribution is 7.98. The van der Waals surface area contributed by atoms with Gasteiger partial charge in [-0.05, 0) is 32.9 Å². The number of rotatable bonds is 6. The molecular formula is C17H24N4O4S. The van der Waals surface area contributed by atoms with Gasteiger partial charge in [0.25, 0.3) is 5.56 Å². The molecule has 1 fully saturated rings. The lowest BCUT2D eigenvalue weighted by Gasteiger charge is -2.27. The van der Waals surface area contributed by atoms with Gasteiger partial charge in [0, 0.05) is 31.4 Å². The number of likely N-dealkylation sites (tertiary alicyclic amines) is 1. The zero-order valence-corrected chi connectivity index (χ0v) is 16.1. The van der Waals surface area contributed by atoms with E-state index in [0.29, 0.717) is 10.7 Å². The number of esters is 1. The lowest BCUT2D eigenvalue weighted by Crippen LogP contribution is -2.44. The predicted octanol–water partition coefficient (Wildman–Crippen LogP) is 1.26. The molecule has 0 radical (unpaired) electrons. The molecule has 1 aromatic heterocycles. The lowest BCUT2D eigenvalue weighted by atomic mass is 10.0. The SMILES string of the molecule is CCOC(=O)C1=NOC(N2CCCC2)C1Cn1c(SC)ncc(C)c1=O. The smallest absolute Gasteiger partial charge is 0.356 e. The first kappa shape index (κ1) is 18.9. The number of hydrogen-bond acceptors (Lipinski definition) is 8. The van der Waals surface area contributed by atoms with Crippen molar-refractivity contribution in [3.8, 4) is 0 Å². The van der Waals surface area contributed by atoms with Crippen molar-refractivity contribution in [2.75, 3.05) is 26.0 Å². The first-order valence-corrected chi connectivity index (χ1v) is 10.0. The summed E-state index contributed by atoms with van der Waals surface area (Å²) in [5.41, 5.74) is 0.693. The van der Waals surface area contributed by atoms with Crippen LogP contribution in [0.25, 0.3) is 0 Å². The van der Waals surface area contributed by atoms with E-state index in [-0.39, 0.29) is 36.6 Å². The minimum absolute atomic E-state index is 0.111. The molecule has 0 amide bonds. The summed E-state index contributed by atoms with van der Waals surface area (Å²) >= 11 is 1.40. The van der Waals surface area contributed by atoms with E-state index in [4.69, 9.17) is 9.57 Å². The van der Waals surface area contributed by atoms with Crippen molar-refractivity contribution in [1.82, 2.24) is 14.5 Å². The fourth-order valence-electron chi connectivity index (χ4n) is 3.37. The third-order valence-corrected chi connectivity index (χ3v) is 5.37. The predicted molar refractivity (Wildman–Crippen MR) is 98.3 cm³/mol. The van der Waals surface area contributed by atoms with Crippen LogP contribution < -0.4 is 5.56 Å². The third kappa shape index (κ3) is 3.64. The van der Waals surface area contributed by atoms with Crippen LogP contribution in [0, 0.1) is 12.8 Å². The van der Waals surface area contributed by atoms with Gasteiger partial charge in [-0.2, -0.15) is 0 Å². The molecule has 1 saturated heterocycles. The van der Waals surface area contributed by atoms with Crippen molar-refractivity contribution in [2.45, 2.75) is 44.6 Å². The fraction of sp³-hybridized carbons (Fsp3) is 0.647. The Kier molecular flexibility index (Phi) is 5.98. The Morgan fingerprint density at radius 1 is 1.42 bits per heavy atom. The molecule has 8 nitrogen and oxygen atoms in total. The molecule has 2 aliphatic heterocycles. The maximum absolute atomic E-state index is 12.7. The summed E-state index contributed by atoms with van der Waals surface area (Å²) in [6.07, 6.45) is 5.26. The largest absolute Gasteiger partial charge is 0.461 e. The van der Waals surface area contributed by atoms with Crippen molar-refractivity contribution in [2.24, 2.45) is 11.1 Å². The molecule has 2 unspecified atom stereocenters. The Labute approximate surface area is 156 Å². The Balaban J connectivity index is 1.94. The first-order chi connectivity index (χ1) is 12.6. The van der Waals surface area contributed by atoms with Gasteiger partial charge in [0.15, 0.2) is 17.1 Å². The molecule has 0 spiro atoms. The Morgan fingerprint density at radius 2 is 2.15 bits per heavy atom. The average molecular weight is 380 g/mol. The number of thioether (sulfide) groups is 1. The average Bonchev–Trinajstić information content (AvgIpc) is 3.29. The van der Waals surface area contributed by atoms with E-state index in [1.54, 1.807) is 24.6 Å². The topological polar surface area (TPSA) is 86.0 Å². The quantitative estimate of drug-likeness (QED) is 0.417. The molecular weight excluding hydrogens is 356 g/mol. The molecule has 0 aromatic carbocycles. The van der Waals surface area contributed by atoms with Gasteiger partial charge in [-0.1, -0.05) is 16.9 Å². The monoisotopic (exact) mass is 380 g/mol. The van der Waals surface area contributed by atoms with E-state index in [9.17, 15) is 9.59 Å². The van der Waals surface area contributed by atoms with Crippen molar-refractivity contribution in [1.29, 1.82) is 0 Å². The standard InChI is InChI=1S/C17H24N4O4S/c1-4-24-16(23)13-12(15(25-19-13)20-7-5-6-8-20)10-21-14(22)11(2)9-18-17(21)26-3/h9,12,15H,4-8,10H2,1-3H3. The van der Waals surface area contributed by atoms with E-state index < -0.39 is 5.97 Å². The van der Waals surface area contributed by atoms with Gasteiger partial charge < -0.3 is 9.57 Å². The molecule has 3 rings (SSSR count). The van der Waals surface area contributed by atoms with Crippen LogP contribution in [-0.4, -0.2) is 58.3 Å². The van der Waals surface area contributed by atoms with E-state index >= 15 is 0 Å². The van der Waals surface area contributed by atoms with Gasteiger partial charge in [0.1, 0.15) is 0 Å². The number of aromatic nitrogens is 2. The van der Waals surface area contributed by atoms with Crippen molar-refractivity contribution in [3.63, 3.8) is 0 Å². The van der Waals surface area contributed by atoms with Crippen LogP contribution in [0.2, 0.25) is 0 Å². The summed E-state index contributed by atoms with van der Waals surface area (Å²) < 4.78 is 6.75. The Morgan fingerprint density at radius 3 is 2.81 bits per heavy atom. The van der Waals surface area contributed by atoms with Crippen LogP contribution in [0.5, 0.6) is 0 Å². The minimum atomic E-state index is -0.487. The summed E-state index contributed by atoms with van der Waals surface area (Å²) in [5.74, 6) is -0.863. The van der Waals surface area contributed by atoms with Gasteiger partial charge in [-0.15, -0.1) is 0 Å². The van der Waals surface area contributed by atoms with Gasteiger partial charge in [-0.25, -0.2) is 9.78 Å². The molecule has 26 heavy (non-hydrogen) atoms. The van der Waals surface area contributed by atoms with Crippen LogP contribution in [0.3, 0.4) is 0 Å². The molecule has 0 aliphatic carbocycles. The number of ether oxygens (including phenoxy) is 1. The van der Waals surface area contributed by atoms with E-state index in [2.05, 4.69) is 15.0 Å². The summed E-state index contributed by atoms with van der Waals surface area (Å²) in [7, 11) is 0. The highest BCUT2D eigenvalue weighted by Gasteiger charge is 2.43.